The first-order valence-electron chi connectivity index (χ1n) is 3.58. The second-order valence-corrected chi connectivity index (χ2v) is 8.92. The molecule has 0 aliphatic rings. The van der Waals surface area contributed by atoms with Crippen molar-refractivity contribution in [1.82, 2.24) is 4.57 Å². The Morgan fingerprint density at radius 1 is 1.11 bits per heavy atom. The van der Waals surface area contributed by atoms with Crippen LogP contribution in [0.4, 0.5) is 0 Å². The van der Waals surface area contributed by atoms with E-state index in [1.807, 2.05) is 0 Å². The molecule has 0 bridgehead atoms. The van der Waals surface area contributed by atoms with Gasteiger partial charge in [-0.2, -0.15) is 0 Å². The zero-order valence-electron chi connectivity index (χ0n) is 7.52. The standard InChI is InChI=1S/C7H19NSi/c1-7(2)8(3)9(4,5)6/h7H,1-6H3. The summed E-state index contributed by atoms with van der Waals surface area (Å²) in [5.41, 5.74) is 0. The molecule has 0 fully saturated rings. The summed E-state index contributed by atoms with van der Waals surface area (Å²) in [7, 11) is 1.23. The molecule has 9 heavy (non-hydrogen) atoms. The normalized spacial score (nSPS) is 13.3. The van der Waals surface area contributed by atoms with Gasteiger partial charge in [0.1, 0.15) is 8.24 Å². The van der Waals surface area contributed by atoms with Gasteiger partial charge in [0, 0.05) is 0 Å². The Labute approximate surface area is 60.1 Å². The van der Waals surface area contributed by atoms with Crippen LogP contribution in [0.2, 0.25) is 19.6 Å². The molecule has 56 valence electrons. The van der Waals surface area contributed by atoms with Crippen LogP contribution in [0.3, 0.4) is 0 Å². The Hall–Kier alpha value is 0.177. The summed E-state index contributed by atoms with van der Waals surface area (Å²) in [5.74, 6) is 0. The fourth-order valence-electron chi connectivity index (χ4n) is 0.775. The van der Waals surface area contributed by atoms with Crippen molar-refractivity contribution in [3.63, 3.8) is 0 Å². The number of nitrogens with zero attached hydrogens (tertiary/aromatic N) is 1. The van der Waals surface area contributed by atoms with Crippen LogP contribution in [0.1, 0.15) is 13.8 Å². The van der Waals surface area contributed by atoms with Gasteiger partial charge in [-0.25, -0.2) is 0 Å². The van der Waals surface area contributed by atoms with E-state index >= 15 is 0 Å². The van der Waals surface area contributed by atoms with Gasteiger partial charge in [-0.3, -0.25) is 0 Å². The third kappa shape index (κ3) is 3.01. The molecule has 0 amide bonds. The summed E-state index contributed by atoms with van der Waals surface area (Å²) in [6, 6.07) is 0.705. The van der Waals surface area contributed by atoms with Gasteiger partial charge in [-0.15, -0.1) is 0 Å². The molecule has 0 rings (SSSR count). The van der Waals surface area contributed by atoms with E-state index in [-0.39, 0.29) is 0 Å². The van der Waals surface area contributed by atoms with E-state index < -0.39 is 8.24 Å². The monoisotopic (exact) mass is 145 g/mol. The molecule has 0 saturated carbocycles. The quantitative estimate of drug-likeness (QED) is 0.538. The minimum Gasteiger partial charge on any atom is -0.324 e. The van der Waals surface area contributed by atoms with Gasteiger partial charge in [0.05, 0.1) is 0 Å². The lowest BCUT2D eigenvalue weighted by Crippen LogP contribution is -2.46. The SMILES string of the molecule is CC(C)N(C)[Si](C)(C)C. The molecule has 0 aromatic heterocycles. The van der Waals surface area contributed by atoms with E-state index in [9.17, 15) is 0 Å². The van der Waals surface area contributed by atoms with Crippen LogP contribution < -0.4 is 0 Å². The van der Waals surface area contributed by atoms with E-state index in [4.69, 9.17) is 0 Å². The van der Waals surface area contributed by atoms with Crippen LogP contribution >= 0.6 is 0 Å². The van der Waals surface area contributed by atoms with Crippen molar-refractivity contribution >= 4 is 8.24 Å². The minimum atomic E-state index is -0.990. The summed E-state index contributed by atoms with van der Waals surface area (Å²) in [5, 5.41) is 0. The first-order valence-corrected chi connectivity index (χ1v) is 7.03. The molecular formula is C7H19NSi. The number of rotatable bonds is 2. The average Bonchev–Trinajstić information content (AvgIpc) is 1.62. The Bertz CT molecular complexity index is 83.4. The topological polar surface area (TPSA) is 3.24 Å². The van der Waals surface area contributed by atoms with Crippen molar-refractivity contribution in [1.29, 1.82) is 0 Å². The molecule has 0 aromatic carbocycles. The van der Waals surface area contributed by atoms with E-state index in [1.165, 1.54) is 0 Å². The highest BCUT2D eigenvalue weighted by Crippen LogP contribution is 2.09. The lowest BCUT2D eigenvalue weighted by Gasteiger charge is -2.33. The summed E-state index contributed by atoms with van der Waals surface area (Å²) >= 11 is 0. The van der Waals surface area contributed by atoms with Gasteiger partial charge >= 0.3 is 0 Å². The summed E-state index contributed by atoms with van der Waals surface area (Å²) in [6.07, 6.45) is 0. The molecule has 0 saturated heterocycles. The van der Waals surface area contributed by atoms with E-state index in [0.29, 0.717) is 6.04 Å². The van der Waals surface area contributed by atoms with Crippen LogP contribution in [0.15, 0.2) is 0 Å². The molecule has 0 N–H and O–H groups in total. The van der Waals surface area contributed by atoms with Gasteiger partial charge < -0.3 is 4.57 Å². The minimum absolute atomic E-state index is 0.705. The van der Waals surface area contributed by atoms with Gasteiger partial charge in [0.15, 0.2) is 0 Å². The Morgan fingerprint density at radius 2 is 1.44 bits per heavy atom. The van der Waals surface area contributed by atoms with E-state index in [2.05, 4.69) is 45.1 Å². The van der Waals surface area contributed by atoms with Crippen LogP contribution in [-0.4, -0.2) is 25.9 Å². The van der Waals surface area contributed by atoms with Gasteiger partial charge in [-0.1, -0.05) is 33.5 Å². The fraction of sp³-hybridized carbons (Fsp3) is 1.00. The molecule has 0 radical (unpaired) electrons. The third-order valence-corrected chi connectivity index (χ3v) is 4.47. The third-order valence-electron chi connectivity index (χ3n) is 1.83. The maximum Gasteiger partial charge on any atom is 0.119 e. The Balaban J connectivity index is 3.88. The largest absolute Gasteiger partial charge is 0.324 e. The van der Waals surface area contributed by atoms with Crippen molar-refractivity contribution in [3.8, 4) is 0 Å². The van der Waals surface area contributed by atoms with Gasteiger partial charge in [-0.05, 0) is 13.1 Å². The molecule has 0 unspecified atom stereocenters. The molecule has 0 heterocycles. The summed E-state index contributed by atoms with van der Waals surface area (Å²) in [4.78, 5) is 0. The van der Waals surface area contributed by atoms with Gasteiger partial charge in [0.25, 0.3) is 0 Å². The summed E-state index contributed by atoms with van der Waals surface area (Å²) < 4.78 is 2.49. The first kappa shape index (κ1) is 9.18. The Morgan fingerprint density at radius 3 is 1.44 bits per heavy atom. The molecule has 0 spiro atoms. The van der Waals surface area contributed by atoms with Crippen molar-refractivity contribution in [2.75, 3.05) is 7.05 Å². The fourth-order valence-corrected chi connectivity index (χ4v) is 2.32. The molecule has 0 atom stereocenters. The smallest absolute Gasteiger partial charge is 0.119 e. The van der Waals surface area contributed by atoms with Gasteiger partial charge in [0.2, 0.25) is 0 Å². The molecule has 2 heteroatoms. The average molecular weight is 145 g/mol. The number of hydrogen-bond donors (Lipinski definition) is 0. The first-order chi connectivity index (χ1) is 3.85. The predicted molar refractivity (Wildman–Crippen MR) is 46.2 cm³/mol. The predicted octanol–water partition coefficient (Wildman–Crippen LogP) is 2.16. The molecular weight excluding hydrogens is 126 g/mol. The van der Waals surface area contributed by atoms with Crippen molar-refractivity contribution < 1.29 is 0 Å². The van der Waals surface area contributed by atoms with Crippen molar-refractivity contribution in [2.24, 2.45) is 0 Å². The maximum atomic E-state index is 2.49. The molecule has 0 aromatic rings. The van der Waals surface area contributed by atoms with Crippen molar-refractivity contribution in [2.45, 2.75) is 39.5 Å². The lowest BCUT2D eigenvalue weighted by molar-refractivity contribution is 0.422. The molecule has 1 nitrogen and oxygen atoms in total. The molecule has 0 aliphatic carbocycles. The highest BCUT2D eigenvalue weighted by atomic mass is 28.3. The highest BCUT2D eigenvalue weighted by molar-refractivity contribution is 6.73. The zero-order valence-corrected chi connectivity index (χ0v) is 8.52. The Kier molecular flexibility index (Phi) is 2.90. The lowest BCUT2D eigenvalue weighted by atomic mass is 10.4. The van der Waals surface area contributed by atoms with Crippen LogP contribution in [-0.2, 0) is 0 Å². The second kappa shape index (κ2) is 2.84. The zero-order chi connectivity index (χ0) is 7.65. The highest BCUT2D eigenvalue weighted by Gasteiger charge is 2.21. The van der Waals surface area contributed by atoms with Crippen LogP contribution in [0.5, 0.6) is 0 Å². The van der Waals surface area contributed by atoms with Crippen molar-refractivity contribution in [3.05, 3.63) is 0 Å². The maximum absolute atomic E-state index is 2.49. The number of hydrogen-bond acceptors (Lipinski definition) is 1. The molecule has 0 aliphatic heterocycles. The van der Waals surface area contributed by atoms with E-state index in [0.717, 1.165) is 0 Å². The van der Waals surface area contributed by atoms with E-state index in [1.54, 1.807) is 0 Å². The van der Waals surface area contributed by atoms with Crippen LogP contribution in [0, 0.1) is 0 Å². The summed E-state index contributed by atoms with van der Waals surface area (Å²) in [6.45, 7) is 11.6. The second-order valence-electron chi connectivity index (χ2n) is 3.88. The van der Waals surface area contributed by atoms with Crippen LogP contribution in [0.25, 0.3) is 0 Å².